The Hall–Kier alpha value is -1.77. The normalized spacial score (nSPS) is 11.6. The summed E-state index contributed by atoms with van der Waals surface area (Å²) in [5.41, 5.74) is 2.99. The second-order valence-electron chi connectivity index (χ2n) is 5.08. The van der Waals surface area contributed by atoms with Gasteiger partial charge in [0.15, 0.2) is 0 Å². The number of hydrogen-bond donors (Lipinski definition) is 0. The molecule has 1 aromatic carbocycles. The van der Waals surface area contributed by atoms with Crippen molar-refractivity contribution < 1.29 is 14.3 Å². The Labute approximate surface area is 121 Å². The van der Waals surface area contributed by atoms with Gasteiger partial charge < -0.3 is 9.47 Å². The lowest BCUT2D eigenvalue weighted by Gasteiger charge is -2.14. The molecule has 0 fully saturated rings. The van der Waals surface area contributed by atoms with Gasteiger partial charge in [0.1, 0.15) is 12.4 Å². The molecule has 0 heterocycles. The Morgan fingerprint density at radius 2 is 2.05 bits per heavy atom. The van der Waals surface area contributed by atoms with Gasteiger partial charge in [0, 0.05) is 5.57 Å². The topological polar surface area (TPSA) is 35.5 Å². The van der Waals surface area contributed by atoms with Crippen molar-refractivity contribution in [2.24, 2.45) is 0 Å². The molecule has 0 aliphatic carbocycles. The molecule has 1 aromatic rings. The maximum Gasteiger partial charge on any atom is 0.333 e. The van der Waals surface area contributed by atoms with Crippen molar-refractivity contribution in [1.29, 1.82) is 0 Å². The van der Waals surface area contributed by atoms with Crippen LogP contribution in [0, 0.1) is 6.92 Å². The molecule has 0 saturated heterocycles. The molecule has 0 N–H and O–H groups in total. The molecule has 0 spiro atoms. The van der Waals surface area contributed by atoms with Gasteiger partial charge >= 0.3 is 5.97 Å². The van der Waals surface area contributed by atoms with E-state index in [9.17, 15) is 4.79 Å². The van der Waals surface area contributed by atoms with Gasteiger partial charge in [-0.25, -0.2) is 4.79 Å². The average molecular weight is 276 g/mol. The summed E-state index contributed by atoms with van der Waals surface area (Å²) in [5, 5.41) is 0. The minimum absolute atomic E-state index is 0.288. The van der Waals surface area contributed by atoms with E-state index < -0.39 is 0 Å². The first-order chi connectivity index (χ1) is 9.49. The van der Waals surface area contributed by atoms with Crippen LogP contribution >= 0.6 is 0 Å². The SMILES string of the molecule is CCC(=CCOc1cc(C)ccc1C(C)C)C(=O)OC. The average Bonchev–Trinajstić information content (AvgIpc) is 2.42. The number of aryl methyl sites for hydroxylation is 1. The van der Waals surface area contributed by atoms with Crippen LogP contribution < -0.4 is 4.74 Å². The lowest BCUT2D eigenvalue weighted by atomic mass is 10.0. The number of methoxy groups -OCH3 is 1. The molecule has 0 aliphatic heterocycles. The minimum atomic E-state index is -0.288. The van der Waals surface area contributed by atoms with Crippen molar-refractivity contribution in [1.82, 2.24) is 0 Å². The number of esters is 1. The van der Waals surface area contributed by atoms with Crippen LogP contribution in [0.2, 0.25) is 0 Å². The fourth-order valence-electron chi connectivity index (χ4n) is 1.98. The quantitative estimate of drug-likeness (QED) is 0.582. The van der Waals surface area contributed by atoms with Gasteiger partial charge in [-0.2, -0.15) is 0 Å². The van der Waals surface area contributed by atoms with Crippen LogP contribution in [-0.4, -0.2) is 19.7 Å². The van der Waals surface area contributed by atoms with E-state index in [0.29, 0.717) is 24.5 Å². The predicted octanol–water partition coefficient (Wildman–Crippen LogP) is 4.01. The lowest BCUT2D eigenvalue weighted by Crippen LogP contribution is -2.07. The summed E-state index contributed by atoms with van der Waals surface area (Å²) in [6, 6.07) is 6.22. The van der Waals surface area contributed by atoms with Crippen molar-refractivity contribution in [3.8, 4) is 5.75 Å². The fraction of sp³-hybridized carbons (Fsp3) is 0.471. The zero-order valence-electron chi connectivity index (χ0n) is 13.0. The van der Waals surface area contributed by atoms with Gasteiger partial charge in [0.25, 0.3) is 0 Å². The highest BCUT2D eigenvalue weighted by atomic mass is 16.5. The van der Waals surface area contributed by atoms with Crippen LogP contribution in [-0.2, 0) is 9.53 Å². The molecule has 0 aromatic heterocycles. The number of hydrogen-bond acceptors (Lipinski definition) is 3. The highest BCUT2D eigenvalue weighted by Crippen LogP contribution is 2.27. The van der Waals surface area contributed by atoms with Crippen molar-refractivity contribution in [2.75, 3.05) is 13.7 Å². The van der Waals surface area contributed by atoms with E-state index in [1.165, 1.54) is 12.7 Å². The van der Waals surface area contributed by atoms with E-state index in [1.807, 2.05) is 19.9 Å². The number of ether oxygens (including phenoxy) is 2. The molecular weight excluding hydrogens is 252 g/mol. The molecule has 0 bridgehead atoms. The van der Waals surface area contributed by atoms with Gasteiger partial charge in [-0.3, -0.25) is 0 Å². The van der Waals surface area contributed by atoms with Crippen molar-refractivity contribution in [3.05, 3.63) is 41.0 Å². The van der Waals surface area contributed by atoms with Gasteiger partial charge in [0.2, 0.25) is 0 Å². The minimum Gasteiger partial charge on any atom is -0.489 e. The highest BCUT2D eigenvalue weighted by molar-refractivity contribution is 5.88. The number of carbonyl (C=O) groups is 1. The molecule has 0 aliphatic rings. The number of benzene rings is 1. The third kappa shape index (κ3) is 4.41. The molecule has 0 saturated carbocycles. The van der Waals surface area contributed by atoms with Crippen LogP contribution in [0.3, 0.4) is 0 Å². The van der Waals surface area contributed by atoms with Crippen LogP contribution in [0.1, 0.15) is 44.2 Å². The van der Waals surface area contributed by atoms with Gasteiger partial charge in [0.05, 0.1) is 7.11 Å². The maximum atomic E-state index is 11.5. The highest BCUT2D eigenvalue weighted by Gasteiger charge is 2.09. The van der Waals surface area contributed by atoms with Gasteiger partial charge in [-0.15, -0.1) is 0 Å². The first kappa shape index (κ1) is 16.3. The monoisotopic (exact) mass is 276 g/mol. The molecule has 3 heteroatoms. The Kier molecular flexibility index (Phi) is 6.29. The van der Waals surface area contributed by atoms with Crippen LogP contribution in [0.15, 0.2) is 29.8 Å². The molecule has 0 atom stereocenters. The van der Waals surface area contributed by atoms with E-state index in [2.05, 4.69) is 26.0 Å². The maximum absolute atomic E-state index is 11.5. The van der Waals surface area contributed by atoms with Crippen molar-refractivity contribution >= 4 is 5.97 Å². The summed E-state index contributed by atoms with van der Waals surface area (Å²) < 4.78 is 10.5. The number of carbonyl (C=O) groups excluding carboxylic acids is 1. The molecule has 110 valence electrons. The van der Waals surface area contributed by atoms with E-state index in [-0.39, 0.29) is 5.97 Å². The van der Waals surface area contributed by atoms with E-state index in [1.54, 1.807) is 6.08 Å². The van der Waals surface area contributed by atoms with E-state index in [4.69, 9.17) is 9.47 Å². The molecular formula is C17H24O3. The first-order valence-corrected chi connectivity index (χ1v) is 7.00. The molecule has 0 amide bonds. The molecule has 0 unspecified atom stereocenters. The zero-order chi connectivity index (χ0) is 15.1. The number of rotatable bonds is 6. The van der Waals surface area contributed by atoms with Gasteiger partial charge in [-0.05, 0) is 42.5 Å². The van der Waals surface area contributed by atoms with E-state index >= 15 is 0 Å². The Morgan fingerprint density at radius 3 is 2.60 bits per heavy atom. The zero-order valence-corrected chi connectivity index (χ0v) is 13.0. The van der Waals surface area contributed by atoms with Crippen molar-refractivity contribution in [2.45, 2.75) is 40.0 Å². The summed E-state index contributed by atoms with van der Waals surface area (Å²) in [7, 11) is 1.39. The van der Waals surface area contributed by atoms with Crippen LogP contribution in [0.4, 0.5) is 0 Å². The molecule has 1 rings (SSSR count). The molecule has 0 radical (unpaired) electrons. The summed E-state index contributed by atoms with van der Waals surface area (Å²) in [6.07, 6.45) is 2.43. The van der Waals surface area contributed by atoms with E-state index in [0.717, 1.165) is 11.3 Å². The van der Waals surface area contributed by atoms with Gasteiger partial charge in [-0.1, -0.05) is 32.9 Å². The standard InChI is InChI=1S/C17H24O3/c1-6-14(17(18)19-5)9-10-20-16-11-13(4)7-8-15(16)12(2)3/h7-9,11-12H,6,10H2,1-5H3. The Morgan fingerprint density at radius 1 is 1.35 bits per heavy atom. The Balaban J connectivity index is 2.81. The summed E-state index contributed by atoms with van der Waals surface area (Å²) in [6.45, 7) is 8.62. The second kappa shape index (κ2) is 7.73. The Bertz CT molecular complexity index is 487. The molecule has 3 nitrogen and oxygen atoms in total. The third-order valence-corrected chi connectivity index (χ3v) is 3.19. The predicted molar refractivity (Wildman–Crippen MR) is 81.2 cm³/mol. The van der Waals surface area contributed by atoms with Crippen molar-refractivity contribution in [3.63, 3.8) is 0 Å². The fourth-order valence-corrected chi connectivity index (χ4v) is 1.98. The summed E-state index contributed by atoms with van der Waals surface area (Å²) >= 11 is 0. The first-order valence-electron chi connectivity index (χ1n) is 7.00. The second-order valence-corrected chi connectivity index (χ2v) is 5.08. The lowest BCUT2D eigenvalue weighted by molar-refractivity contribution is -0.136. The van der Waals surface area contributed by atoms with Crippen LogP contribution in [0.5, 0.6) is 5.75 Å². The largest absolute Gasteiger partial charge is 0.489 e. The third-order valence-electron chi connectivity index (χ3n) is 3.19. The smallest absolute Gasteiger partial charge is 0.333 e. The summed E-state index contributed by atoms with van der Waals surface area (Å²) in [4.78, 5) is 11.5. The molecule has 20 heavy (non-hydrogen) atoms. The summed E-state index contributed by atoms with van der Waals surface area (Å²) in [5.74, 6) is 1.00. The van der Waals surface area contributed by atoms with Crippen LogP contribution in [0.25, 0.3) is 0 Å².